The summed E-state index contributed by atoms with van der Waals surface area (Å²) in [4.78, 5) is 2.93. The Labute approximate surface area is 105 Å². The molecule has 0 aliphatic carbocycles. The summed E-state index contributed by atoms with van der Waals surface area (Å²) >= 11 is 17.4. The van der Waals surface area contributed by atoms with Crippen molar-refractivity contribution in [2.24, 2.45) is 0 Å². The molecule has 82 valence electrons. The van der Waals surface area contributed by atoms with Crippen LogP contribution in [0.15, 0.2) is 0 Å². The third-order valence-electron chi connectivity index (χ3n) is 1.52. The summed E-state index contributed by atoms with van der Waals surface area (Å²) in [6.07, 6.45) is 0. The van der Waals surface area contributed by atoms with E-state index in [1.165, 1.54) is 9.80 Å². The zero-order chi connectivity index (χ0) is 11.1. The Bertz CT molecular complexity index is 192. The van der Waals surface area contributed by atoms with Crippen molar-refractivity contribution < 1.29 is 10.2 Å². The average molecular weight is 272 g/mol. The highest BCUT2D eigenvalue weighted by Crippen LogP contribution is 1.99. The van der Waals surface area contributed by atoms with Gasteiger partial charge in [0.25, 0.3) is 0 Å². The van der Waals surface area contributed by atoms with Crippen LogP contribution >= 0.6 is 49.7 Å². The van der Waals surface area contributed by atoms with Gasteiger partial charge in [-0.15, -0.1) is 25.3 Å². The van der Waals surface area contributed by atoms with Crippen molar-refractivity contribution in [3.8, 4) is 0 Å². The normalized spacial score (nSPS) is 9.71. The summed E-state index contributed by atoms with van der Waals surface area (Å²) < 4.78 is 0.603. The fourth-order valence-corrected chi connectivity index (χ4v) is 1.32. The maximum absolute atomic E-state index is 8.88. The van der Waals surface area contributed by atoms with Crippen LogP contribution in [0.25, 0.3) is 0 Å². The molecule has 0 spiro atoms. The van der Waals surface area contributed by atoms with Crippen molar-refractivity contribution in [1.82, 2.24) is 9.80 Å². The second kappa shape index (κ2) is 7.66. The quantitative estimate of drug-likeness (QED) is 0.319. The van der Waals surface area contributed by atoms with E-state index in [0.717, 1.165) is 0 Å². The number of rotatable bonds is 5. The van der Waals surface area contributed by atoms with Crippen LogP contribution in [-0.4, -0.2) is 55.2 Å². The maximum Gasteiger partial charge on any atom is 0.135 e. The molecule has 8 heteroatoms. The van der Waals surface area contributed by atoms with Gasteiger partial charge in [0.1, 0.15) is 22.1 Å². The minimum Gasteiger partial charge on any atom is -0.376 e. The Morgan fingerprint density at radius 2 is 1.21 bits per heavy atom. The third kappa shape index (κ3) is 5.32. The molecule has 0 rings (SSSR count). The Morgan fingerprint density at radius 3 is 1.36 bits per heavy atom. The van der Waals surface area contributed by atoms with Gasteiger partial charge in [0.05, 0.1) is 0 Å². The Hall–Kier alpha value is 0.400. The average Bonchev–Trinajstić information content (AvgIpc) is 2.11. The molecule has 0 aromatic heterocycles. The van der Waals surface area contributed by atoms with Gasteiger partial charge in [-0.05, 0) is 0 Å². The zero-order valence-electron chi connectivity index (χ0n) is 7.33. The summed E-state index contributed by atoms with van der Waals surface area (Å²) in [5.41, 5.74) is 0. The van der Waals surface area contributed by atoms with Gasteiger partial charge in [0, 0.05) is 13.1 Å². The molecular weight excluding hydrogens is 260 g/mol. The summed E-state index contributed by atoms with van der Waals surface area (Å²) in [6, 6.07) is 0. The lowest BCUT2D eigenvalue weighted by molar-refractivity contribution is 0.139. The molecule has 0 unspecified atom stereocenters. The topological polar surface area (TPSA) is 46.9 Å². The van der Waals surface area contributed by atoms with Crippen LogP contribution in [0.5, 0.6) is 0 Å². The minimum absolute atomic E-state index is 0.207. The van der Waals surface area contributed by atoms with E-state index in [4.69, 9.17) is 34.6 Å². The van der Waals surface area contributed by atoms with Gasteiger partial charge in [-0.25, -0.2) is 0 Å². The maximum atomic E-state index is 8.88. The van der Waals surface area contributed by atoms with Crippen LogP contribution in [0, 0.1) is 0 Å². The third-order valence-corrected chi connectivity index (χ3v) is 2.60. The van der Waals surface area contributed by atoms with E-state index in [1.807, 2.05) is 0 Å². The second-order valence-electron chi connectivity index (χ2n) is 2.37. The highest BCUT2D eigenvalue weighted by Gasteiger charge is 2.08. The first-order chi connectivity index (χ1) is 6.52. The molecular formula is C6H12N2O2S4. The van der Waals surface area contributed by atoms with Crippen LogP contribution in [-0.2, 0) is 0 Å². The number of nitrogens with zero attached hydrogens (tertiary/aromatic N) is 2. The molecule has 0 heterocycles. The molecule has 0 amide bonds. The summed E-state index contributed by atoms with van der Waals surface area (Å²) in [5, 5.41) is 17.8. The molecule has 14 heavy (non-hydrogen) atoms. The molecule has 2 N–H and O–H groups in total. The number of aliphatic hydroxyl groups is 2. The summed E-state index contributed by atoms with van der Waals surface area (Å²) in [6.45, 7) is 0.446. The molecule has 0 aromatic carbocycles. The molecule has 0 bridgehead atoms. The van der Waals surface area contributed by atoms with Crippen molar-refractivity contribution in [3.05, 3.63) is 0 Å². The van der Waals surface area contributed by atoms with Gasteiger partial charge < -0.3 is 20.0 Å². The highest BCUT2D eigenvalue weighted by atomic mass is 32.1. The Balaban J connectivity index is 4.00. The number of hydrogen-bond donors (Lipinski definition) is 4. The first-order valence-electron chi connectivity index (χ1n) is 3.70. The molecule has 0 fully saturated rings. The van der Waals surface area contributed by atoms with E-state index in [-0.39, 0.29) is 13.5 Å². The van der Waals surface area contributed by atoms with Crippen LogP contribution in [0.2, 0.25) is 0 Å². The SMILES string of the molecule is OCN(CCN(CO)C(=S)S)C(=S)S. The largest absolute Gasteiger partial charge is 0.376 e. The molecule has 0 radical (unpaired) electrons. The van der Waals surface area contributed by atoms with Crippen molar-refractivity contribution >= 4 is 58.3 Å². The highest BCUT2D eigenvalue weighted by molar-refractivity contribution is 8.11. The number of aliphatic hydroxyl groups excluding tert-OH is 2. The van der Waals surface area contributed by atoms with E-state index in [2.05, 4.69) is 25.3 Å². The molecule has 0 saturated carbocycles. The van der Waals surface area contributed by atoms with Gasteiger partial charge in [-0.2, -0.15) is 0 Å². The van der Waals surface area contributed by atoms with Crippen molar-refractivity contribution in [2.45, 2.75) is 0 Å². The predicted octanol–water partition coefficient (Wildman–Crippen LogP) is -0.0806. The smallest absolute Gasteiger partial charge is 0.135 e. The zero-order valence-corrected chi connectivity index (χ0v) is 10.8. The van der Waals surface area contributed by atoms with Crippen LogP contribution in [0.3, 0.4) is 0 Å². The van der Waals surface area contributed by atoms with E-state index >= 15 is 0 Å². The second-order valence-corrected chi connectivity index (χ2v) is 4.60. The number of thiol groups is 2. The summed E-state index contributed by atoms with van der Waals surface area (Å²) in [5.74, 6) is 0. The van der Waals surface area contributed by atoms with Crippen LogP contribution in [0.4, 0.5) is 0 Å². The van der Waals surface area contributed by atoms with Gasteiger partial charge >= 0.3 is 0 Å². The molecule has 0 aromatic rings. The standard InChI is InChI=1S/C6H12N2O2S4/c9-3-7(5(11)12)1-2-8(4-10)6(13)14/h9-10H,1-4H2,(H,11,12)(H,13,14). The van der Waals surface area contributed by atoms with Crippen molar-refractivity contribution in [2.75, 3.05) is 26.6 Å². The predicted molar refractivity (Wildman–Crippen MR) is 70.8 cm³/mol. The Morgan fingerprint density at radius 1 is 0.929 bits per heavy atom. The van der Waals surface area contributed by atoms with Gasteiger partial charge in [0.2, 0.25) is 0 Å². The Kier molecular flexibility index (Phi) is 7.88. The first kappa shape index (κ1) is 14.4. The molecule has 0 aliphatic rings. The molecule has 4 nitrogen and oxygen atoms in total. The first-order valence-corrected chi connectivity index (χ1v) is 5.41. The summed E-state index contributed by atoms with van der Waals surface area (Å²) in [7, 11) is 0. The lowest BCUT2D eigenvalue weighted by atomic mass is 10.5. The number of thiocarbonyl (C=S) groups is 2. The van der Waals surface area contributed by atoms with E-state index < -0.39 is 0 Å². The number of hydrogen-bond acceptors (Lipinski definition) is 4. The van der Waals surface area contributed by atoms with Gasteiger partial charge in [-0.3, -0.25) is 0 Å². The lowest BCUT2D eigenvalue weighted by Gasteiger charge is -2.25. The molecule has 0 atom stereocenters. The fraction of sp³-hybridized carbons (Fsp3) is 0.667. The van der Waals surface area contributed by atoms with Crippen molar-refractivity contribution in [1.29, 1.82) is 0 Å². The van der Waals surface area contributed by atoms with E-state index in [0.29, 0.717) is 21.7 Å². The van der Waals surface area contributed by atoms with Crippen LogP contribution < -0.4 is 0 Å². The van der Waals surface area contributed by atoms with Gasteiger partial charge in [0.15, 0.2) is 0 Å². The fourth-order valence-electron chi connectivity index (χ4n) is 0.695. The lowest BCUT2D eigenvalue weighted by Crippen LogP contribution is -2.38. The minimum atomic E-state index is -0.207. The van der Waals surface area contributed by atoms with E-state index in [9.17, 15) is 0 Å². The van der Waals surface area contributed by atoms with E-state index in [1.54, 1.807) is 0 Å². The van der Waals surface area contributed by atoms with Crippen LogP contribution in [0.1, 0.15) is 0 Å². The van der Waals surface area contributed by atoms with Crippen molar-refractivity contribution in [3.63, 3.8) is 0 Å². The van der Waals surface area contributed by atoms with Gasteiger partial charge in [-0.1, -0.05) is 24.4 Å². The molecule has 0 saturated heterocycles. The molecule has 0 aliphatic heterocycles. The monoisotopic (exact) mass is 272 g/mol.